The third kappa shape index (κ3) is 5.44. The molecule has 2 aromatic rings. The van der Waals surface area contributed by atoms with Crippen molar-refractivity contribution in [3.05, 3.63) is 24.4 Å². The summed E-state index contributed by atoms with van der Waals surface area (Å²) >= 11 is 1.32. The van der Waals surface area contributed by atoms with Gasteiger partial charge in [0.1, 0.15) is 5.69 Å². The number of rotatable bonds is 6. The van der Waals surface area contributed by atoms with Gasteiger partial charge in [-0.2, -0.15) is 0 Å². The van der Waals surface area contributed by atoms with E-state index in [0.717, 1.165) is 25.3 Å². The molecule has 0 saturated carbocycles. The van der Waals surface area contributed by atoms with Gasteiger partial charge in [-0.3, -0.25) is 10.3 Å². The van der Waals surface area contributed by atoms with Crippen LogP contribution >= 0.6 is 11.3 Å². The van der Waals surface area contributed by atoms with Crippen LogP contribution in [0.4, 0.5) is 9.93 Å². The molecule has 3 heterocycles. The lowest BCUT2D eigenvalue weighted by molar-refractivity contribution is 0.136. The standard InChI is InChI=1S/C18H27N7OS/c1-23-10-7-14(8-11-23)24(2)12-13-25(3)18(26)20-17-22-21-16(27-17)15-6-4-5-9-19-15/h4-6,9,14H,7-8,10-13H2,1-3H3,(H,20,22,26). The van der Waals surface area contributed by atoms with Crippen molar-refractivity contribution in [2.45, 2.75) is 18.9 Å². The Labute approximate surface area is 164 Å². The molecule has 1 saturated heterocycles. The van der Waals surface area contributed by atoms with Crippen LogP contribution in [0.25, 0.3) is 10.7 Å². The molecule has 9 heteroatoms. The molecule has 1 aliphatic heterocycles. The second kappa shape index (κ2) is 9.20. The van der Waals surface area contributed by atoms with E-state index in [1.807, 2.05) is 18.2 Å². The summed E-state index contributed by atoms with van der Waals surface area (Å²) in [7, 11) is 6.12. The maximum Gasteiger partial charge on any atom is 0.323 e. The molecule has 0 aliphatic carbocycles. The lowest BCUT2D eigenvalue weighted by atomic mass is 10.0. The number of carbonyl (C=O) groups is 1. The number of anilines is 1. The van der Waals surface area contributed by atoms with E-state index in [-0.39, 0.29) is 6.03 Å². The van der Waals surface area contributed by atoms with Gasteiger partial charge in [-0.25, -0.2) is 4.79 Å². The van der Waals surface area contributed by atoms with Gasteiger partial charge in [0.05, 0.1) is 0 Å². The highest BCUT2D eigenvalue weighted by molar-refractivity contribution is 7.18. The number of nitrogens with one attached hydrogen (secondary N) is 1. The Morgan fingerprint density at radius 1 is 1.26 bits per heavy atom. The SMILES string of the molecule is CN1CCC(N(C)CCN(C)C(=O)Nc2nnc(-c3ccccn3)s2)CC1. The molecular weight excluding hydrogens is 362 g/mol. The summed E-state index contributed by atoms with van der Waals surface area (Å²) < 4.78 is 0. The van der Waals surface area contributed by atoms with Gasteiger partial charge in [-0.15, -0.1) is 10.2 Å². The number of aromatic nitrogens is 3. The monoisotopic (exact) mass is 389 g/mol. The zero-order valence-electron chi connectivity index (χ0n) is 16.1. The number of urea groups is 1. The Morgan fingerprint density at radius 2 is 2.04 bits per heavy atom. The van der Waals surface area contributed by atoms with Gasteiger partial charge in [-0.05, 0) is 52.2 Å². The lowest BCUT2D eigenvalue weighted by Gasteiger charge is -2.35. The Bertz CT molecular complexity index is 730. The molecule has 8 nitrogen and oxygen atoms in total. The Balaban J connectivity index is 1.46. The number of nitrogens with zero attached hydrogens (tertiary/aromatic N) is 6. The van der Waals surface area contributed by atoms with Gasteiger partial charge >= 0.3 is 6.03 Å². The summed E-state index contributed by atoms with van der Waals surface area (Å²) in [5.41, 5.74) is 0.753. The molecule has 0 atom stereocenters. The zero-order valence-corrected chi connectivity index (χ0v) is 16.9. The minimum absolute atomic E-state index is 0.171. The van der Waals surface area contributed by atoms with Crippen molar-refractivity contribution in [2.24, 2.45) is 0 Å². The molecule has 2 amide bonds. The van der Waals surface area contributed by atoms with Crippen molar-refractivity contribution in [3.8, 4) is 10.7 Å². The fourth-order valence-corrected chi connectivity index (χ4v) is 3.79. The molecule has 1 fully saturated rings. The van der Waals surface area contributed by atoms with Crippen molar-refractivity contribution in [1.82, 2.24) is 29.9 Å². The normalized spacial score (nSPS) is 15.9. The van der Waals surface area contributed by atoms with Crippen molar-refractivity contribution in [1.29, 1.82) is 0 Å². The predicted molar refractivity (Wildman–Crippen MR) is 108 cm³/mol. The minimum Gasteiger partial charge on any atom is -0.326 e. The molecule has 0 aromatic carbocycles. The number of likely N-dealkylation sites (tertiary alicyclic amines) is 1. The van der Waals surface area contributed by atoms with Gasteiger partial charge in [0, 0.05) is 32.4 Å². The van der Waals surface area contributed by atoms with E-state index in [4.69, 9.17) is 0 Å². The summed E-state index contributed by atoms with van der Waals surface area (Å²) in [5, 5.41) is 12.1. The van der Waals surface area contributed by atoms with E-state index in [1.54, 1.807) is 18.1 Å². The second-order valence-corrected chi connectivity index (χ2v) is 7.97. The fraction of sp³-hybridized carbons (Fsp3) is 0.556. The van der Waals surface area contributed by atoms with Crippen LogP contribution in [-0.2, 0) is 0 Å². The summed E-state index contributed by atoms with van der Waals surface area (Å²) in [5.74, 6) is 0. The molecule has 146 valence electrons. The number of likely N-dealkylation sites (N-methyl/N-ethyl adjacent to an activating group) is 2. The van der Waals surface area contributed by atoms with Crippen LogP contribution in [0.3, 0.4) is 0 Å². The number of piperidine rings is 1. The maximum atomic E-state index is 12.4. The number of amides is 2. The zero-order chi connectivity index (χ0) is 19.2. The van der Waals surface area contributed by atoms with Crippen molar-refractivity contribution >= 4 is 22.5 Å². The van der Waals surface area contributed by atoms with E-state index in [2.05, 4.69) is 44.4 Å². The molecule has 1 N–H and O–H groups in total. The first kappa shape index (κ1) is 19.7. The third-order valence-electron chi connectivity index (χ3n) is 4.97. The topological polar surface area (TPSA) is 77.5 Å². The highest BCUT2D eigenvalue weighted by Gasteiger charge is 2.21. The summed E-state index contributed by atoms with van der Waals surface area (Å²) in [6, 6.07) is 6.05. The van der Waals surface area contributed by atoms with E-state index < -0.39 is 0 Å². The highest BCUT2D eigenvalue weighted by Crippen LogP contribution is 2.24. The first-order valence-corrected chi connectivity index (χ1v) is 10.0. The van der Waals surface area contributed by atoms with E-state index in [1.165, 1.54) is 24.2 Å². The summed E-state index contributed by atoms with van der Waals surface area (Å²) in [6.07, 6.45) is 4.08. The van der Waals surface area contributed by atoms with Gasteiger partial charge < -0.3 is 14.7 Å². The van der Waals surface area contributed by atoms with Crippen molar-refractivity contribution < 1.29 is 4.79 Å². The van der Waals surface area contributed by atoms with Crippen molar-refractivity contribution in [3.63, 3.8) is 0 Å². The fourth-order valence-electron chi connectivity index (χ4n) is 3.08. The summed E-state index contributed by atoms with van der Waals surface area (Å²) in [6.45, 7) is 3.80. The molecule has 0 radical (unpaired) electrons. The number of hydrogen-bond donors (Lipinski definition) is 1. The Morgan fingerprint density at radius 3 is 2.74 bits per heavy atom. The lowest BCUT2D eigenvalue weighted by Crippen LogP contribution is -2.45. The molecule has 0 unspecified atom stereocenters. The molecule has 1 aliphatic rings. The van der Waals surface area contributed by atoms with Crippen LogP contribution < -0.4 is 5.32 Å². The highest BCUT2D eigenvalue weighted by atomic mass is 32.1. The van der Waals surface area contributed by atoms with Crippen LogP contribution in [0.2, 0.25) is 0 Å². The number of pyridine rings is 1. The summed E-state index contributed by atoms with van der Waals surface area (Å²) in [4.78, 5) is 23.1. The smallest absolute Gasteiger partial charge is 0.323 e. The van der Waals surface area contributed by atoms with Crippen molar-refractivity contribution in [2.75, 3.05) is 52.6 Å². The first-order valence-electron chi connectivity index (χ1n) is 9.18. The Kier molecular flexibility index (Phi) is 6.70. The molecule has 27 heavy (non-hydrogen) atoms. The quantitative estimate of drug-likeness (QED) is 0.815. The van der Waals surface area contributed by atoms with Crippen LogP contribution in [0, 0.1) is 0 Å². The minimum atomic E-state index is -0.171. The predicted octanol–water partition coefficient (Wildman–Crippen LogP) is 2.09. The Hall–Kier alpha value is -2.10. The largest absolute Gasteiger partial charge is 0.326 e. The average Bonchev–Trinajstić information content (AvgIpc) is 3.15. The van der Waals surface area contributed by atoms with E-state index >= 15 is 0 Å². The van der Waals surface area contributed by atoms with Gasteiger partial charge in [-0.1, -0.05) is 17.4 Å². The second-order valence-electron chi connectivity index (χ2n) is 6.99. The van der Waals surface area contributed by atoms with Gasteiger partial charge in [0.15, 0.2) is 5.01 Å². The molecule has 2 aromatic heterocycles. The van der Waals surface area contributed by atoms with E-state index in [9.17, 15) is 4.79 Å². The molecule has 0 bridgehead atoms. The van der Waals surface area contributed by atoms with Crippen LogP contribution in [0.5, 0.6) is 0 Å². The maximum absolute atomic E-state index is 12.4. The number of hydrogen-bond acceptors (Lipinski definition) is 7. The van der Waals surface area contributed by atoms with Gasteiger partial charge in [0.25, 0.3) is 0 Å². The van der Waals surface area contributed by atoms with E-state index in [0.29, 0.717) is 22.7 Å². The van der Waals surface area contributed by atoms with Gasteiger partial charge in [0.2, 0.25) is 5.13 Å². The molecular formula is C18H27N7OS. The molecule has 3 rings (SSSR count). The third-order valence-corrected chi connectivity index (χ3v) is 5.83. The molecule has 0 spiro atoms. The average molecular weight is 390 g/mol. The number of carbonyl (C=O) groups excluding carboxylic acids is 1. The van der Waals surface area contributed by atoms with Crippen LogP contribution in [0.1, 0.15) is 12.8 Å². The van der Waals surface area contributed by atoms with Crippen LogP contribution in [0.15, 0.2) is 24.4 Å². The van der Waals surface area contributed by atoms with Crippen LogP contribution in [-0.4, -0.2) is 89.3 Å². The first-order chi connectivity index (χ1) is 13.0.